The van der Waals surface area contributed by atoms with Crippen molar-refractivity contribution >= 4 is 21.7 Å². The number of hydrogen-bond donors (Lipinski definition) is 0. The highest BCUT2D eigenvalue weighted by Crippen LogP contribution is 2.31. The Balaban J connectivity index is 1.88. The molecule has 3 rings (SSSR count). The Hall–Kier alpha value is -2.52. The molecule has 0 saturated heterocycles. The van der Waals surface area contributed by atoms with Crippen molar-refractivity contribution < 1.29 is 4.74 Å². The average molecular weight is 366 g/mol. The van der Waals surface area contributed by atoms with E-state index in [1.54, 1.807) is 6.33 Å². The van der Waals surface area contributed by atoms with Crippen LogP contribution in [-0.2, 0) is 0 Å². The molecule has 0 N–H and O–H groups in total. The number of rotatable bonds is 6. The zero-order valence-corrected chi connectivity index (χ0v) is 16.3. The molecule has 5 nitrogen and oxygen atoms in total. The van der Waals surface area contributed by atoms with Crippen LogP contribution in [0.5, 0.6) is 5.75 Å². The highest BCUT2D eigenvalue weighted by Gasteiger charge is 2.14. The van der Waals surface area contributed by atoms with Gasteiger partial charge in [0, 0.05) is 5.56 Å². The maximum absolute atomic E-state index is 9.54. The molecule has 2 heterocycles. The minimum Gasteiger partial charge on any atom is -0.492 e. The van der Waals surface area contributed by atoms with E-state index in [0.29, 0.717) is 29.8 Å². The Morgan fingerprint density at radius 3 is 2.77 bits per heavy atom. The molecule has 0 radical (unpaired) electrons. The number of nitriles is 1. The molecule has 6 heteroatoms. The molecular formula is C20H22N4OS. The molecule has 0 saturated carbocycles. The normalized spacial score (nSPS) is 12.3. The lowest BCUT2D eigenvalue weighted by Gasteiger charge is -2.16. The number of hydrogen-bond acceptors (Lipinski definition) is 6. The standard InChI is InChI=1S/C20H22N4OS/c1-12(2)7-13(3)10-25-17-6-5-15(8-16(17)9-21)18-19-20(23-11-22-18)26-14(4)24-19/h5-6,8,11-13H,7,10H2,1-4H3. The van der Waals surface area contributed by atoms with Crippen LogP contribution < -0.4 is 4.74 Å². The van der Waals surface area contributed by atoms with Crippen molar-refractivity contribution in [1.29, 1.82) is 5.26 Å². The Morgan fingerprint density at radius 2 is 2.04 bits per heavy atom. The van der Waals surface area contributed by atoms with Crippen molar-refractivity contribution in [2.45, 2.75) is 34.1 Å². The van der Waals surface area contributed by atoms with Gasteiger partial charge in [-0.25, -0.2) is 15.0 Å². The van der Waals surface area contributed by atoms with Gasteiger partial charge in [-0.15, -0.1) is 0 Å². The average Bonchev–Trinajstić information content (AvgIpc) is 2.99. The van der Waals surface area contributed by atoms with Gasteiger partial charge in [-0.3, -0.25) is 0 Å². The molecule has 134 valence electrons. The smallest absolute Gasteiger partial charge is 0.147 e. The van der Waals surface area contributed by atoms with Crippen LogP contribution in [0.1, 0.15) is 37.8 Å². The van der Waals surface area contributed by atoms with E-state index in [0.717, 1.165) is 33.0 Å². The van der Waals surface area contributed by atoms with Gasteiger partial charge in [0.2, 0.25) is 0 Å². The fourth-order valence-corrected chi connectivity index (χ4v) is 3.82. The molecule has 1 atom stereocenters. The maximum Gasteiger partial charge on any atom is 0.147 e. The summed E-state index contributed by atoms with van der Waals surface area (Å²) in [4.78, 5) is 14.1. The van der Waals surface area contributed by atoms with Crippen molar-refractivity contribution in [3.05, 3.63) is 35.1 Å². The number of benzene rings is 1. The van der Waals surface area contributed by atoms with Gasteiger partial charge in [0.25, 0.3) is 0 Å². The van der Waals surface area contributed by atoms with Gasteiger partial charge in [-0.2, -0.15) is 5.26 Å². The van der Waals surface area contributed by atoms with Crippen LogP contribution in [0.15, 0.2) is 24.5 Å². The third-order valence-electron chi connectivity index (χ3n) is 4.07. The molecule has 26 heavy (non-hydrogen) atoms. The van der Waals surface area contributed by atoms with Crippen molar-refractivity contribution in [3.8, 4) is 23.1 Å². The molecular weight excluding hydrogens is 344 g/mol. The molecule has 1 aromatic carbocycles. The second-order valence-corrected chi connectivity index (χ2v) is 8.16. The Bertz CT molecular complexity index is 958. The SMILES string of the molecule is Cc1nc2c(-c3ccc(OCC(C)CC(C)C)c(C#N)c3)ncnc2s1. The number of aryl methyl sites for hydroxylation is 1. The molecule has 0 amide bonds. The van der Waals surface area contributed by atoms with E-state index < -0.39 is 0 Å². The van der Waals surface area contributed by atoms with Crippen molar-refractivity contribution in [2.75, 3.05) is 6.61 Å². The summed E-state index contributed by atoms with van der Waals surface area (Å²) in [5, 5.41) is 10.5. The van der Waals surface area contributed by atoms with Crippen molar-refractivity contribution in [2.24, 2.45) is 11.8 Å². The zero-order chi connectivity index (χ0) is 18.7. The minimum atomic E-state index is 0.445. The summed E-state index contributed by atoms with van der Waals surface area (Å²) in [5.74, 6) is 1.69. The fraction of sp³-hybridized carbons (Fsp3) is 0.400. The quantitative estimate of drug-likeness (QED) is 0.614. The first-order valence-electron chi connectivity index (χ1n) is 8.73. The number of aromatic nitrogens is 3. The van der Waals surface area contributed by atoms with Gasteiger partial charge in [0.1, 0.15) is 34.2 Å². The van der Waals surface area contributed by atoms with Crippen LogP contribution >= 0.6 is 11.3 Å². The molecule has 0 bridgehead atoms. The summed E-state index contributed by atoms with van der Waals surface area (Å²) in [6.45, 7) is 9.13. The fourth-order valence-electron chi connectivity index (χ4n) is 3.06. The van der Waals surface area contributed by atoms with Gasteiger partial charge >= 0.3 is 0 Å². The predicted molar refractivity (Wildman–Crippen MR) is 104 cm³/mol. The van der Waals surface area contributed by atoms with E-state index in [4.69, 9.17) is 4.74 Å². The second-order valence-electron chi connectivity index (χ2n) is 6.98. The molecule has 0 fully saturated rings. The van der Waals surface area contributed by atoms with Crippen LogP contribution in [0.3, 0.4) is 0 Å². The Kier molecular flexibility index (Phi) is 5.48. The maximum atomic E-state index is 9.54. The lowest BCUT2D eigenvalue weighted by molar-refractivity contribution is 0.238. The number of fused-ring (bicyclic) bond motifs is 1. The topological polar surface area (TPSA) is 71.7 Å². The van der Waals surface area contributed by atoms with E-state index >= 15 is 0 Å². The Labute approximate surface area is 157 Å². The van der Waals surface area contributed by atoms with Gasteiger partial charge in [-0.1, -0.05) is 32.1 Å². The molecule has 0 aliphatic carbocycles. The van der Waals surface area contributed by atoms with Gasteiger partial charge < -0.3 is 4.74 Å². The van der Waals surface area contributed by atoms with E-state index in [2.05, 4.69) is 41.8 Å². The molecule has 1 unspecified atom stereocenters. The highest BCUT2D eigenvalue weighted by molar-refractivity contribution is 7.18. The predicted octanol–water partition coefficient (Wildman–Crippen LogP) is 4.99. The van der Waals surface area contributed by atoms with Crippen LogP contribution in [0.2, 0.25) is 0 Å². The largest absolute Gasteiger partial charge is 0.492 e. The van der Waals surface area contributed by atoms with E-state index in [1.165, 1.54) is 11.3 Å². The van der Waals surface area contributed by atoms with Gasteiger partial charge in [-0.05, 0) is 43.4 Å². The first-order chi connectivity index (χ1) is 12.5. The molecule has 0 aliphatic rings. The number of nitrogens with zero attached hydrogens (tertiary/aromatic N) is 4. The third-order valence-corrected chi connectivity index (χ3v) is 4.95. The van der Waals surface area contributed by atoms with E-state index in [1.807, 2.05) is 25.1 Å². The summed E-state index contributed by atoms with van der Waals surface area (Å²) in [7, 11) is 0. The molecule has 0 aliphatic heterocycles. The van der Waals surface area contributed by atoms with Gasteiger partial charge in [0.05, 0.1) is 17.2 Å². The van der Waals surface area contributed by atoms with Crippen LogP contribution in [0.25, 0.3) is 21.6 Å². The van der Waals surface area contributed by atoms with Gasteiger partial charge in [0.15, 0.2) is 0 Å². The summed E-state index contributed by atoms with van der Waals surface area (Å²) < 4.78 is 5.90. The highest BCUT2D eigenvalue weighted by atomic mass is 32.1. The molecule has 3 aromatic rings. The first-order valence-corrected chi connectivity index (χ1v) is 9.55. The Morgan fingerprint density at radius 1 is 1.23 bits per heavy atom. The monoisotopic (exact) mass is 366 g/mol. The minimum absolute atomic E-state index is 0.445. The van der Waals surface area contributed by atoms with Crippen molar-refractivity contribution in [1.82, 2.24) is 15.0 Å². The summed E-state index contributed by atoms with van der Waals surface area (Å²) in [6.07, 6.45) is 2.64. The van der Waals surface area contributed by atoms with E-state index in [-0.39, 0.29) is 0 Å². The van der Waals surface area contributed by atoms with E-state index in [9.17, 15) is 5.26 Å². The summed E-state index contributed by atoms with van der Waals surface area (Å²) in [6, 6.07) is 7.84. The number of thiazole rings is 1. The molecule has 0 spiro atoms. The molecule has 2 aromatic heterocycles. The third kappa shape index (κ3) is 4.00. The van der Waals surface area contributed by atoms with Crippen LogP contribution in [0, 0.1) is 30.1 Å². The summed E-state index contributed by atoms with van der Waals surface area (Å²) >= 11 is 1.54. The lowest BCUT2D eigenvalue weighted by Crippen LogP contribution is -2.11. The van der Waals surface area contributed by atoms with Crippen LogP contribution in [0.4, 0.5) is 0 Å². The lowest BCUT2D eigenvalue weighted by atomic mass is 10.00. The summed E-state index contributed by atoms with van der Waals surface area (Å²) in [5.41, 5.74) is 2.88. The van der Waals surface area contributed by atoms with Crippen LogP contribution in [-0.4, -0.2) is 21.6 Å². The van der Waals surface area contributed by atoms with Crippen molar-refractivity contribution in [3.63, 3.8) is 0 Å². The number of ether oxygens (including phenoxy) is 1. The zero-order valence-electron chi connectivity index (χ0n) is 15.5. The second kappa shape index (κ2) is 7.79. The first kappa shape index (κ1) is 18.3.